The van der Waals surface area contributed by atoms with Gasteiger partial charge in [0.15, 0.2) is 0 Å². The number of nitrogens with zero attached hydrogens (tertiary/aromatic N) is 1. The lowest BCUT2D eigenvalue weighted by atomic mass is 9.68. The molecule has 2 heterocycles. The van der Waals surface area contributed by atoms with Crippen molar-refractivity contribution in [2.75, 3.05) is 13.1 Å². The number of rotatable bonds is 3. The molecule has 0 aliphatic carbocycles. The standard InChI is InChI=1S/C20H20ClN3/c21-19-3-1-2-18(12-19)20(8-10-22-11-9-20)17-6-4-15(5-7-17)16-13-23-24-14-16/h1-7,12-14,22H,8-11H2,(H,23,24). The fourth-order valence-corrected chi connectivity index (χ4v) is 3.96. The maximum Gasteiger partial charge on any atom is 0.0565 e. The molecule has 1 fully saturated rings. The van der Waals surface area contributed by atoms with Crippen molar-refractivity contribution in [1.82, 2.24) is 15.5 Å². The number of benzene rings is 2. The molecule has 4 rings (SSSR count). The predicted molar refractivity (Wildman–Crippen MR) is 98.4 cm³/mol. The number of piperidine rings is 1. The van der Waals surface area contributed by atoms with Crippen LogP contribution in [0.25, 0.3) is 11.1 Å². The van der Waals surface area contributed by atoms with Gasteiger partial charge in [-0.05, 0) is 54.8 Å². The molecule has 0 amide bonds. The molecule has 0 bridgehead atoms. The van der Waals surface area contributed by atoms with E-state index in [-0.39, 0.29) is 5.41 Å². The van der Waals surface area contributed by atoms with Crippen LogP contribution in [0.3, 0.4) is 0 Å². The zero-order valence-electron chi connectivity index (χ0n) is 13.4. The maximum atomic E-state index is 6.28. The average molecular weight is 338 g/mol. The van der Waals surface area contributed by atoms with Gasteiger partial charge in [-0.15, -0.1) is 0 Å². The van der Waals surface area contributed by atoms with Crippen molar-refractivity contribution >= 4 is 11.6 Å². The topological polar surface area (TPSA) is 40.7 Å². The van der Waals surface area contributed by atoms with E-state index in [0.717, 1.165) is 36.5 Å². The summed E-state index contributed by atoms with van der Waals surface area (Å²) < 4.78 is 0. The highest BCUT2D eigenvalue weighted by atomic mass is 35.5. The summed E-state index contributed by atoms with van der Waals surface area (Å²) in [5.74, 6) is 0. The number of H-pyrrole nitrogens is 1. The number of nitrogens with one attached hydrogen (secondary N) is 2. The van der Waals surface area contributed by atoms with Crippen molar-refractivity contribution in [3.05, 3.63) is 77.1 Å². The van der Waals surface area contributed by atoms with Crippen molar-refractivity contribution in [2.45, 2.75) is 18.3 Å². The molecule has 0 unspecified atom stereocenters. The Bertz CT molecular complexity index is 803. The first kappa shape index (κ1) is 15.4. The van der Waals surface area contributed by atoms with Gasteiger partial charge in [0.2, 0.25) is 0 Å². The fourth-order valence-electron chi connectivity index (χ4n) is 3.77. The number of halogens is 1. The minimum Gasteiger partial charge on any atom is -0.317 e. The first-order chi connectivity index (χ1) is 11.8. The van der Waals surface area contributed by atoms with Crippen LogP contribution in [-0.2, 0) is 5.41 Å². The van der Waals surface area contributed by atoms with Crippen molar-refractivity contribution in [2.24, 2.45) is 0 Å². The first-order valence-corrected chi connectivity index (χ1v) is 8.72. The molecule has 0 atom stereocenters. The van der Waals surface area contributed by atoms with E-state index in [1.807, 2.05) is 18.5 Å². The molecule has 1 saturated heterocycles. The van der Waals surface area contributed by atoms with Gasteiger partial charge < -0.3 is 5.32 Å². The monoisotopic (exact) mass is 337 g/mol. The average Bonchev–Trinajstić information content (AvgIpc) is 3.17. The molecule has 2 aromatic carbocycles. The molecule has 0 radical (unpaired) electrons. The maximum absolute atomic E-state index is 6.28. The quantitative estimate of drug-likeness (QED) is 0.743. The molecule has 1 aliphatic heterocycles. The van der Waals surface area contributed by atoms with Gasteiger partial charge in [0.05, 0.1) is 6.20 Å². The summed E-state index contributed by atoms with van der Waals surface area (Å²) in [7, 11) is 0. The molecule has 1 aliphatic rings. The van der Waals surface area contributed by atoms with Crippen LogP contribution in [0.2, 0.25) is 5.02 Å². The van der Waals surface area contributed by atoms with Gasteiger partial charge in [0.25, 0.3) is 0 Å². The number of hydrogen-bond donors (Lipinski definition) is 2. The lowest BCUT2D eigenvalue weighted by Gasteiger charge is -2.39. The largest absolute Gasteiger partial charge is 0.317 e. The molecule has 0 saturated carbocycles. The van der Waals surface area contributed by atoms with Gasteiger partial charge in [-0.1, -0.05) is 48.0 Å². The zero-order chi connectivity index (χ0) is 16.4. The summed E-state index contributed by atoms with van der Waals surface area (Å²) in [5, 5.41) is 11.2. The molecule has 3 aromatic rings. The van der Waals surface area contributed by atoms with Crippen molar-refractivity contribution in [1.29, 1.82) is 0 Å². The van der Waals surface area contributed by atoms with E-state index in [9.17, 15) is 0 Å². The molecule has 3 nitrogen and oxygen atoms in total. The van der Waals surface area contributed by atoms with Crippen molar-refractivity contribution < 1.29 is 0 Å². The highest BCUT2D eigenvalue weighted by Gasteiger charge is 2.35. The third-order valence-corrected chi connectivity index (χ3v) is 5.34. The summed E-state index contributed by atoms with van der Waals surface area (Å²) in [6.07, 6.45) is 5.94. The first-order valence-electron chi connectivity index (χ1n) is 8.34. The Hall–Kier alpha value is -2.10. The van der Waals surface area contributed by atoms with Crippen LogP contribution in [0.4, 0.5) is 0 Å². The summed E-state index contributed by atoms with van der Waals surface area (Å²) in [4.78, 5) is 0. The normalized spacial score (nSPS) is 16.9. The molecule has 4 heteroatoms. The molecule has 0 spiro atoms. The summed E-state index contributed by atoms with van der Waals surface area (Å²) >= 11 is 6.28. The second kappa shape index (κ2) is 6.42. The van der Waals surface area contributed by atoms with Crippen LogP contribution in [0, 0.1) is 0 Å². The van der Waals surface area contributed by atoms with Crippen molar-refractivity contribution in [3.8, 4) is 11.1 Å². The smallest absolute Gasteiger partial charge is 0.0565 e. The van der Waals surface area contributed by atoms with Crippen LogP contribution in [0.15, 0.2) is 60.9 Å². The van der Waals surface area contributed by atoms with E-state index in [0.29, 0.717) is 0 Å². The van der Waals surface area contributed by atoms with Gasteiger partial charge in [0.1, 0.15) is 0 Å². The zero-order valence-corrected chi connectivity index (χ0v) is 14.2. The van der Waals surface area contributed by atoms with Gasteiger partial charge in [0, 0.05) is 22.2 Å². The Labute approximate surface area is 147 Å². The van der Waals surface area contributed by atoms with Crippen molar-refractivity contribution in [3.63, 3.8) is 0 Å². The molecular weight excluding hydrogens is 318 g/mol. The van der Waals surface area contributed by atoms with Crippen LogP contribution < -0.4 is 5.32 Å². The highest BCUT2D eigenvalue weighted by molar-refractivity contribution is 6.30. The van der Waals surface area contributed by atoms with E-state index < -0.39 is 0 Å². The van der Waals surface area contributed by atoms with Gasteiger partial charge in [-0.3, -0.25) is 5.10 Å². The third kappa shape index (κ3) is 2.74. The second-order valence-corrected chi connectivity index (χ2v) is 6.84. The van der Waals surface area contributed by atoms with Crippen LogP contribution in [0.1, 0.15) is 24.0 Å². The third-order valence-electron chi connectivity index (χ3n) is 5.10. The van der Waals surface area contributed by atoms with Crippen LogP contribution in [-0.4, -0.2) is 23.3 Å². The molecule has 2 N–H and O–H groups in total. The SMILES string of the molecule is Clc1cccc(C2(c3ccc(-c4cn[nH]c4)cc3)CCNCC2)c1. The van der Waals surface area contributed by atoms with E-state index in [1.165, 1.54) is 16.7 Å². The Balaban J connectivity index is 1.76. The summed E-state index contributed by atoms with van der Waals surface area (Å²) in [6, 6.07) is 17.2. The second-order valence-electron chi connectivity index (χ2n) is 6.41. The Morgan fingerprint density at radius 1 is 0.917 bits per heavy atom. The fraction of sp³-hybridized carbons (Fsp3) is 0.250. The minimum atomic E-state index is 0.0328. The highest BCUT2D eigenvalue weighted by Crippen LogP contribution is 2.41. The van der Waals surface area contributed by atoms with E-state index >= 15 is 0 Å². The predicted octanol–water partition coefficient (Wildman–Crippen LogP) is 4.40. The van der Waals surface area contributed by atoms with E-state index in [2.05, 4.69) is 58.0 Å². The minimum absolute atomic E-state index is 0.0328. The summed E-state index contributed by atoms with van der Waals surface area (Å²) in [6.45, 7) is 2.05. The van der Waals surface area contributed by atoms with Crippen LogP contribution in [0.5, 0.6) is 0 Å². The van der Waals surface area contributed by atoms with Gasteiger partial charge in [-0.2, -0.15) is 5.10 Å². The Morgan fingerprint density at radius 3 is 2.38 bits per heavy atom. The van der Waals surface area contributed by atoms with E-state index in [1.54, 1.807) is 0 Å². The molecule has 1 aromatic heterocycles. The molecule has 24 heavy (non-hydrogen) atoms. The van der Waals surface area contributed by atoms with Gasteiger partial charge >= 0.3 is 0 Å². The van der Waals surface area contributed by atoms with Gasteiger partial charge in [-0.25, -0.2) is 0 Å². The molecule has 122 valence electrons. The summed E-state index contributed by atoms with van der Waals surface area (Å²) in [5.41, 5.74) is 5.00. The Kier molecular flexibility index (Phi) is 4.13. The molecular formula is C20H20ClN3. The number of aromatic nitrogens is 2. The van der Waals surface area contributed by atoms with E-state index in [4.69, 9.17) is 11.6 Å². The number of aromatic amines is 1. The number of hydrogen-bond acceptors (Lipinski definition) is 2. The Morgan fingerprint density at radius 2 is 1.71 bits per heavy atom. The lowest BCUT2D eigenvalue weighted by Crippen LogP contribution is -2.40. The van der Waals surface area contributed by atoms with Crippen LogP contribution >= 0.6 is 11.6 Å². The lowest BCUT2D eigenvalue weighted by molar-refractivity contribution is 0.362.